The lowest BCUT2D eigenvalue weighted by Gasteiger charge is -2.10. The summed E-state index contributed by atoms with van der Waals surface area (Å²) in [7, 11) is 0. The maximum Gasteiger partial charge on any atom is 0.127 e. The van der Waals surface area contributed by atoms with Gasteiger partial charge in [-0.25, -0.2) is 8.78 Å². The molecule has 2 rings (SSSR count). The van der Waals surface area contributed by atoms with Gasteiger partial charge in [0.1, 0.15) is 12.0 Å². The molecular formula is C17H32BF2. The summed E-state index contributed by atoms with van der Waals surface area (Å²) in [5.74, 6) is 2.32. The van der Waals surface area contributed by atoms with E-state index in [1.165, 1.54) is 19.8 Å². The number of hydrogen-bond acceptors (Lipinski definition) is 0. The largest absolute Gasteiger partial charge is 0.242 e. The normalized spacial score (nSPS) is 39.6. The molecule has 0 saturated heterocycles. The minimum absolute atomic E-state index is 0. The van der Waals surface area contributed by atoms with Gasteiger partial charge in [-0.3, -0.25) is 0 Å². The van der Waals surface area contributed by atoms with Crippen molar-refractivity contribution in [3.8, 4) is 0 Å². The molecule has 1 fully saturated rings. The lowest BCUT2D eigenvalue weighted by molar-refractivity contribution is 0.261. The first-order valence-electron chi connectivity index (χ1n) is 7.25. The Morgan fingerprint density at radius 1 is 0.950 bits per heavy atom. The third-order valence-electron chi connectivity index (χ3n) is 4.96. The summed E-state index contributed by atoms with van der Waals surface area (Å²) >= 11 is 0. The van der Waals surface area contributed by atoms with Crippen molar-refractivity contribution in [1.82, 2.24) is 0 Å². The molecule has 5 atom stereocenters. The van der Waals surface area contributed by atoms with Gasteiger partial charge in [-0.1, -0.05) is 42.0 Å². The SMILES string of the molecule is C.CC1=C(F)C(C)C(C)C1F.CC1CC(C)C(C)C1.[B]. The van der Waals surface area contributed by atoms with Crippen molar-refractivity contribution < 1.29 is 8.78 Å². The van der Waals surface area contributed by atoms with Crippen LogP contribution in [0.4, 0.5) is 8.78 Å². The molecule has 1 saturated carbocycles. The summed E-state index contributed by atoms with van der Waals surface area (Å²) < 4.78 is 25.8. The maximum atomic E-state index is 12.9. The Morgan fingerprint density at radius 2 is 1.35 bits per heavy atom. The van der Waals surface area contributed by atoms with E-state index >= 15 is 0 Å². The first-order chi connectivity index (χ1) is 8.25. The predicted octanol–water partition coefficient (Wildman–Crippen LogP) is 5.80. The summed E-state index contributed by atoms with van der Waals surface area (Å²) in [6, 6.07) is 0. The Labute approximate surface area is 127 Å². The van der Waals surface area contributed by atoms with E-state index in [2.05, 4.69) is 20.8 Å². The highest BCUT2D eigenvalue weighted by Gasteiger charge is 2.35. The minimum Gasteiger partial charge on any atom is -0.242 e. The van der Waals surface area contributed by atoms with Gasteiger partial charge in [-0.2, -0.15) is 0 Å². The van der Waals surface area contributed by atoms with Crippen LogP contribution in [0.1, 0.15) is 61.8 Å². The van der Waals surface area contributed by atoms with Crippen LogP contribution >= 0.6 is 0 Å². The number of alkyl halides is 1. The van der Waals surface area contributed by atoms with Gasteiger partial charge in [0.2, 0.25) is 0 Å². The maximum absolute atomic E-state index is 12.9. The monoisotopic (exact) mass is 285 g/mol. The zero-order valence-electron chi connectivity index (χ0n) is 13.2. The van der Waals surface area contributed by atoms with Crippen LogP contribution in [0.2, 0.25) is 0 Å². The van der Waals surface area contributed by atoms with Crippen LogP contribution in [0.3, 0.4) is 0 Å². The van der Waals surface area contributed by atoms with E-state index in [-0.39, 0.29) is 33.5 Å². The fraction of sp³-hybridized carbons (Fsp3) is 0.882. The molecule has 0 spiro atoms. The van der Waals surface area contributed by atoms with Crippen LogP contribution in [0.15, 0.2) is 11.4 Å². The summed E-state index contributed by atoms with van der Waals surface area (Å²) in [6.07, 6.45) is 1.86. The van der Waals surface area contributed by atoms with Gasteiger partial charge >= 0.3 is 0 Å². The second kappa shape index (κ2) is 8.84. The summed E-state index contributed by atoms with van der Waals surface area (Å²) in [6.45, 7) is 12.1. The smallest absolute Gasteiger partial charge is 0.127 e. The van der Waals surface area contributed by atoms with Gasteiger partial charge in [0, 0.05) is 20.2 Å². The molecule has 20 heavy (non-hydrogen) atoms. The van der Waals surface area contributed by atoms with Gasteiger partial charge < -0.3 is 0 Å². The molecule has 5 unspecified atom stereocenters. The molecule has 0 bridgehead atoms. The standard InChI is InChI=1S/C8H12F2.C8H16.CH4.B/c1-4-5(2)8(10)6(3)7(4)9;1-6-4-7(2)8(3)5-6;;/h4-5,7H,1-3H3;6-8H,4-5H2,1-3H3;1H4;. The molecule has 2 aliphatic carbocycles. The van der Waals surface area contributed by atoms with Crippen LogP contribution in [0.25, 0.3) is 0 Å². The molecule has 3 radical (unpaired) electrons. The third kappa shape index (κ3) is 4.89. The van der Waals surface area contributed by atoms with Crippen molar-refractivity contribution in [2.75, 3.05) is 0 Å². The molecule has 0 aromatic heterocycles. The lowest BCUT2D eigenvalue weighted by atomic mass is 9.98. The van der Waals surface area contributed by atoms with E-state index in [1.54, 1.807) is 13.8 Å². The lowest BCUT2D eigenvalue weighted by Crippen LogP contribution is -2.12. The van der Waals surface area contributed by atoms with Gasteiger partial charge in [-0.05, 0) is 43.1 Å². The number of allylic oxidation sites excluding steroid dienone is 2. The molecule has 2 aliphatic rings. The highest BCUT2D eigenvalue weighted by molar-refractivity contribution is 5.75. The summed E-state index contributed by atoms with van der Waals surface area (Å²) in [5, 5.41) is 0. The predicted molar refractivity (Wildman–Crippen MR) is 86.2 cm³/mol. The van der Waals surface area contributed by atoms with E-state index in [1.807, 2.05) is 0 Å². The van der Waals surface area contributed by atoms with Crippen molar-refractivity contribution in [1.29, 1.82) is 0 Å². The van der Waals surface area contributed by atoms with Crippen LogP contribution in [0, 0.1) is 29.6 Å². The molecule has 0 nitrogen and oxygen atoms in total. The Kier molecular flexibility index (Phi) is 9.71. The number of hydrogen-bond donors (Lipinski definition) is 0. The summed E-state index contributed by atoms with van der Waals surface area (Å²) in [4.78, 5) is 0. The molecular weight excluding hydrogens is 253 g/mol. The Bertz CT molecular complexity index is 286. The minimum atomic E-state index is -1.06. The average molecular weight is 285 g/mol. The van der Waals surface area contributed by atoms with Gasteiger partial charge in [-0.15, -0.1) is 0 Å². The topological polar surface area (TPSA) is 0 Å². The molecule has 0 aromatic rings. The van der Waals surface area contributed by atoms with Gasteiger partial charge in [0.05, 0.1) is 0 Å². The second-order valence-electron chi connectivity index (χ2n) is 6.61. The molecule has 3 heteroatoms. The van der Waals surface area contributed by atoms with Gasteiger partial charge in [0.15, 0.2) is 0 Å². The van der Waals surface area contributed by atoms with Crippen LogP contribution in [0.5, 0.6) is 0 Å². The first kappa shape index (κ1) is 22.0. The van der Waals surface area contributed by atoms with Crippen LogP contribution in [-0.2, 0) is 0 Å². The second-order valence-corrected chi connectivity index (χ2v) is 6.61. The quantitative estimate of drug-likeness (QED) is 0.493. The van der Waals surface area contributed by atoms with Crippen molar-refractivity contribution >= 4 is 8.41 Å². The fourth-order valence-corrected chi connectivity index (χ4v) is 3.20. The summed E-state index contributed by atoms with van der Waals surface area (Å²) in [5.41, 5.74) is 0.292. The van der Waals surface area contributed by atoms with Crippen molar-refractivity contribution in [3.63, 3.8) is 0 Å². The highest BCUT2D eigenvalue weighted by Crippen LogP contribution is 2.39. The van der Waals surface area contributed by atoms with Crippen molar-refractivity contribution in [2.45, 2.75) is 68.0 Å². The Hall–Kier alpha value is -0.335. The van der Waals surface area contributed by atoms with Crippen molar-refractivity contribution in [2.24, 2.45) is 29.6 Å². The van der Waals surface area contributed by atoms with E-state index in [0.717, 1.165) is 17.8 Å². The Balaban J connectivity index is 0. The van der Waals surface area contributed by atoms with Crippen LogP contribution < -0.4 is 0 Å². The van der Waals surface area contributed by atoms with E-state index < -0.39 is 6.17 Å². The molecule has 0 heterocycles. The molecule has 0 aromatic carbocycles. The zero-order valence-corrected chi connectivity index (χ0v) is 13.2. The number of halogens is 2. The zero-order chi connectivity index (χ0) is 14.0. The van der Waals surface area contributed by atoms with E-state index in [4.69, 9.17) is 0 Å². The van der Waals surface area contributed by atoms with Gasteiger partial charge in [0.25, 0.3) is 0 Å². The molecule has 0 N–H and O–H groups in total. The fourth-order valence-electron chi connectivity index (χ4n) is 3.20. The third-order valence-corrected chi connectivity index (χ3v) is 4.96. The van der Waals surface area contributed by atoms with E-state index in [9.17, 15) is 8.78 Å². The van der Waals surface area contributed by atoms with Crippen LogP contribution in [-0.4, -0.2) is 14.6 Å². The number of rotatable bonds is 0. The van der Waals surface area contributed by atoms with Crippen molar-refractivity contribution in [3.05, 3.63) is 11.4 Å². The first-order valence-corrected chi connectivity index (χ1v) is 7.25. The molecule has 0 amide bonds. The van der Waals surface area contributed by atoms with E-state index in [0.29, 0.717) is 5.57 Å². The average Bonchev–Trinajstić information content (AvgIpc) is 2.69. The molecule has 0 aliphatic heterocycles. The Morgan fingerprint density at radius 3 is 1.45 bits per heavy atom. The highest BCUT2D eigenvalue weighted by atomic mass is 19.1. The molecule has 117 valence electrons.